The van der Waals surface area contributed by atoms with Crippen LogP contribution in [0.5, 0.6) is 0 Å². The fraction of sp³-hybridized carbons (Fsp3) is 0.524. The zero-order valence-corrected chi connectivity index (χ0v) is 16.3. The highest BCUT2D eigenvalue weighted by atomic mass is 32.2. The fourth-order valence-corrected chi connectivity index (χ4v) is 5.21. The van der Waals surface area contributed by atoms with E-state index in [1.807, 2.05) is 58.0 Å². The predicted molar refractivity (Wildman–Crippen MR) is 108 cm³/mol. The SMILES string of the molecule is CCCCC(=O)N1CCC2(CC1)SCCN2C(=O)C=Cc1ccccc1. The largest absolute Gasteiger partial charge is 0.342 e. The van der Waals surface area contributed by atoms with Crippen LogP contribution in [0.4, 0.5) is 0 Å². The lowest BCUT2D eigenvalue weighted by molar-refractivity contribution is -0.134. The molecule has 1 aromatic carbocycles. The van der Waals surface area contributed by atoms with Gasteiger partial charge in [0.2, 0.25) is 11.8 Å². The van der Waals surface area contributed by atoms with Crippen LogP contribution < -0.4 is 0 Å². The Morgan fingerprint density at radius 1 is 1.15 bits per heavy atom. The quantitative estimate of drug-likeness (QED) is 0.739. The standard InChI is InChI=1S/C21H28N2O2S/c1-2-3-9-19(24)22-14-12-21(13-15-22)23(16-17-26-21)20(25)11-10-18-7-5-4-6-8-18/h4-8,10-11H,2-3,9,12-17H2,1H3. The molecule has 1 spiro atoms. The number of piperidine rings is 1. The van der Waals surface area contributed by atoms with Crippen molar-refractivity contribution in [2.45, 2.75) is 43.9 Å². The smallest absolute Gasteiger partial charge is 0.247 e. The highest BCUT2D eigenvalue weighted by molar-refractivity contribution is 8.00. The molecule has 2 saturated heterocycles. The van der Waals surface area contributed by atoms with E-state index in [0.717, 1.165) is 56.6 Å². The number of likely N-dealkylation sites (tertiary alicyclic amines) is 1. The molecule has 3 rings (SSSR count). The van der Waals surface area contributed by atoms with Crippen LogP contribution in [-0.4, -0.2) is 51.9 Å². The normalized spacial score (nSPS) is 19.4. The number of nitrogens with zero attached hydrogens (tertiary/aromatic N) is 2. The molecule has 0 atom stereocenters. The molecule has 2 aliphatic rings. The number of thioether (sulfide) groups is 1. The third-order valence-electron chi connectivity index (χ3n) is 5.30. The van der Waals surface area contributed by atoms with E-state index in [0.29, 0.717) is 6.42 Å². The molecule has 0 aromatic heterocycles. The van der Waals surface area contributed by atoms with Crippen LogP contribution in [0, 0.1) is 0 Å². The number of benzene rings is 1. The van der Waals surface area contributed by atoms with Gasteiger partial charge in [-0.2, -0.15) is 0 Å². The number of amides is 2. The molecule has 1 aromatic rings. The van der Waals surface area contributed by atoms with Crippen LogP contribution in [0.25, 0.3) is 6.08 Å². The van der Waals surface area contributed by atoms with Crippen molar-refractivity contribution in [3.63, 3.8) is 0 Å². The molecule has 2 aliphatic heterocycles. The van der Waals surface area contributed by atoms with Gasteiger partial charge in [0.15, 0.2) is 0 Å². The Bertz CT molecular complexity index is 651. The Kier molecular flexibility index (Phi) is 6.41. The molecule has 0 bridgehead atoms. The van der Waals surface area contributed by atoms with E-state index in [9.17, 15) is 9.59 Å². The molecular formula is C21H28N2O2S. The molecule has 0 aliphatic carbocycles. The summed E-state index contributed by atoms with van der Waals surface area (Å²) in [6.07, 6.45) is 8.00. The lowest BCUT2D eigenvalue weighted by Gasteiger charge is -2.43. The van der Waals surface area contributed by atoms with Crippen molar-refractivity contribution in [1.82, 2.24) is 9.80 Å². The van der Waals surface area contributed by atoms with Crippen molar-refractivity contribution in [2.24, 2.45) is 0 Å². The second kappa shape index (κ2) is 8.76. The number of unbranched alkanes of at least 4 members (excludes halogenated alkanes) is 1. The fourth-order valence-electron chi connectivity index (χ4n) is 3.75. The number of carbonyl (C=O) groups excluding carboxylic acids is 2. The van der Waals surface area contributed by atoms with Crippen LogP contribution in [0.15, 0.2) is 36.4 Å². The average Bonchev–Trinajstić information content (AvgIpc) is 3.08. The maximum absolute atomic E-state index is 12.8. The van der Waals surface area contributed by atoms with E-state index in [2.05, 4.69) is 6.92 Å². The van der Waals surface area contributed by atoms with Gasteiger partial charge >= 0.3 is 0 Å². The molecule has 4 nitrogen and oxygen atoms in total. The molecule has 5 heteroatoms. The van der Waals surface area contributed by atoms with Crippen LogP contribution >= 0.6 is 11.8 Å². The maximum atomic E-state index is 12.8. The molecule has 140 valence electrons. The Labute approximate surface area is 160 Å². The lowest BCUT2D eigenvalue weighted by atomic mass is 10.0. The minimum Gasteiger partial charge on any atom is -0.342 e. The minimum absolute atomic E-state index is 0.0876. The van der Waals surface area contributed by atoms with Crippen molar-refractivity contribution in [3.05, 3.63) is 42.0 Å². The van der Waals surface area contributed by atoms with Crippen LogP contribution in [-0.2, 0) is 9.59 Å². The van der Waals surface area contributed by atoms with Gasteiger partial charge in [0.1, 0.15) is 0 Å². The summed E-state index contributed by atoms with van der Waals surface area (Å²) in [4.78, 5) is 29.0. The molecule has 0 unspecified atom stereocenters. The first-order chi connectivity index (χ1) is 12.6. The number of rotatable bonds is 5. The van der Waals surface area contributed by atoms with Gasteiger partial charge in [-0.05, 0) is 30.9 Å². The molecule has 0 N–H and O–H groups in total. The maximum Gasteiger partial charge on any atom is 0.247 e. The zero-order valence-electron chi connectivity index (χ0n) is 15.5. The van der Waals surface area contributed by atoms with Crippen LogP contribution in [0.2, 0.25) is 0 Å². The van der Waals surface area contributed by atoms with E-state index in [4.69, 9.17) is 0 Å². The number of hydrogen-bond acceptors (Lipinski definition) is 3. The zero-order chi connectivity index (χ0) is 18.4. The summed E-state index contributed by atoms with van der Waals surface area (Å²) in [6, 6.07) is 9.92. The van der Waals surface area contributed by atoms with E-state index >= 15 is 0 Å². The van der Waals surface area contributed by atoms with Crippen molar-refractivity contribution >= 4 is 29.7 Å². The van der Waals surface area contributed by atoms with Crippen molar-refractivity contribution in [1.29, 1.82) is 0 Å². The van der Waals surface area contributed by atoms with E-state index < -0.39 is 0 Å². The molecule has 26 heavy (non-hydrogen) atoms. The van der Waals surface area contributed by atoms with E-state index in [1.54, 1.807) is 6.08 Å². The minimum atomic E-state index is -0.125. The molecule has 2 fully saturated rings. The predicted octanol–water partition coefficient (Wildman–Crippen LogP) is 3.78. The van der Waals surface area contributed by atoms with Crippen LogP contribution in [0.3, 0.4) is 0 Å². The van der Waals surface area contributed by atoms with Gasteiger partial charge in [-0.1, -0.05) is 43.7 Å². The molecule has 2 amide bonds. The highest BCUT2D eigenvalue weighted by Crippen LogP contribution is 2.44. The first kappa shape index (κ1) is 19.0. The summed E-state index contributed by atoms with van der Waals surface area (Å²) < 4.78 is 0. The topological polar surface area (TPSA) is 40.6 Å². The summed E-state index contributed by atoms with van der Waals surface area (Å²) >= 11 is 1.89. The summed E-state index contributed by atoms with van der Waals surface area (Å²) in [5, 5.41) is 0. The number of hydrogen-bond donors (Lipinski definition) is 0. The molecular weight excluding hydrogens is 344 g/mol. The van der Waals surface area contributed by atoms with E-state index in [1.165, 1.54) is 0 Å². The Morgan fingerprint density at radius 2 is 1.88 bits per heavy atom. The van der Waals surface area contributed by atoms with E-state index in [-0.39, 0.29) is 16.7 Å². The Morgan fingerprint density at radius 3 is 2.58 bits per heavy atom. The summed E-state index contributed by atoms with van der Waals surface area (Å²) in [5.74, 6) is 1.34. The van der Waals surface area contributed by atoms with Crippen molar-refractivity contribution in [2.75, 3.05) is 25.4 Å². The van der Waals surface area contributed by atoms with Gasteiger partial charge in [-0.15, -0.1) is 11.8 Å². The first-order valence-electron chi connectivity index (χ1n) is 9.61. The second-order valence-electron chi connectivity index (χ2n) is 7.01. The monoisotopic (exact) mass is 372 g/mol. The third kappa shape index (κ3) is 4.32. The van der Waals surface area contributed by atoms with Crippen molar-refractivity contribution < 1.29 is 9.59 Å². The Hall–Kier alpha value is -1.75. The third-order valence-corrected chi connectivity index (χ3v) is 6.86. The lowest BCUT2D eigenvalue weighted by Crippen LogP contribution is -2.53. The second-order valence-corrected chi connectivity index (χ2v) is 8.47. The molecule has 0 saturated carbocycles. The van der Waals surface area contributed by atoms with Crippen LogP contribution in [0.1, 0.15) is 44.6 Å². The average molecular weight is 373 g/mol. The van der Waals surface area contributed by atoms with Gasteiger partial charge in [-0.25, -0.2) is 0 Å². The molecule has 0 radical (unpaired) electrons. The van der Waals surface area contributed by atoms with Gasteiger partial charge in [0, 0.05) is 37.9 Å². The summed E-state index contributed by atoms with van der Waals surface area (Å²) in [5.41, 5.74) is 1.04. The summed E-state index contributed by atoms with van der Waals surface area (Å²) in [6.45, 7) is 4.44. The Balaban J connectivity index is 1.60. The van der Waals surface area contributed by atoms with Gasteiger partial charge in [0.25, 0.3) is 0 Å². The summed E-state index contributed by atoms with van der Waals surface area (Å²) in [7, 11) is 0. The van der Waals surface area contributed by atoms with Crippen molar-refractivity contribution in [3.8, 4) is 0 Å². The first-order valence-corrected chi connectivity index (χ1v) is 10.6. The van der Waals surface area contributed by atoms with Gasteiger partial charge < -0.3 is 9.80 Å². The highest BCUT2D eigenvalue weighted by Gasteiger charge is 2.46. The van der Waals surface area contributed by atoms with Gasteiger partial charge in [0.05, 0.1) is 4.87 Å². The molecule has 2 heterocycles. The number of carbonyl (C=O) groups is 2. The van der Waals surface area contributed by atoms with Gasteiger partial charge in [-0.3, -0.25) is 9.59 Å².